The van der Waals surface area contributed by atoms with Gasteiger partial charge in [-0.1, -0.05) is 6.92 Å². The third-order valence-corrected chi connectivity index (χ3v) is 6.17. The van der Waals surface area contributed by atoms with Crippen molar-refractivity contribution in [1.82, 2.24) is 25.0 Å². The molecule has 1 amide bonds. The van der Waals surface area contributed by atoms with E-state index in [9.17, 15) is 4.79 Å². The Labute approximate surface area is 173 Å². The molecule has 0 radical (unpaired) electrons. The molecule has 0 aliphatic carbocycles. The van der Waals surface area contributed by atoms with Gasteiger partial charge in [0, 0.05) is 25.7 Å². The maximum atomic E-state index is 12.3. The quantitative estimate of drug-likeness (QED) is 0.689. The highest BCUT2D eigenvalue weighted by Crippen LogP contribution is 2.30. The Balaban J connectivity index is 1.50. The molecule has 0 spiro atoms. The number of aromatic nitrogens is 3. The lowest BCUT2D eigenvalue weighted by molar-refractivity contribution is -0.121. The molecule has 3 heterocycles. The van der Waals surface area contributed by atoms with Crippen LogP contribution in [0, 0.1) is 19.8 Å². The number of aryl methyl sites for hydroxylation is 3. The van der Waals surface area contributed by atoms with Crippen LogP contribution < -0.4 is 10.1 Å². The highest BCUT2D eigenvalue weighted by Gasteiger charge is 2.19. The molecule has 1 saturated heterocycles. The lowest BCUT2D eigenvalue weighted by Crippen LogP contribution is -2.35. The van der Waals surface area contributed by atoms with Crippen molar-refractivity contribution in [2.24, 2.45) is 13.0 Å². The van der Waals surface area contributed by atoms with E-state index in [1.807, 2.05) is 14.0 Å². The summed E-state index contributed by atoms with van der Waals surface area (Å²) in [5, 5.41) is 8.40. The van der Waals surface area contributed by atoms with Crippen LogP contribution in [-0.4, -0.2) is 58.9 Å². The van der Waals surface area contributed by atoms with E-state index in [0.717, 1.165) is 53.3 Å². The van der Waals surface area contributed by atoms with Crippen LogP contribution in [-0.2, 0) is 18.3 Å². The molecule has 0 unspecified atom stereocenters. The lowest BCUT2D eigenvalue weighted by atomic mass is 9.99. The van der Waals surface area contributed by atoms with Crippen molar-refractivity contribution in [2.75, 3.05) is 33.3 Å². The van der Waals surface area contributed by atoms with Crippen molar-refractivity contribution in [3.05, 3.63) is 16.8 Å². The summed E-state index contributed by atoms with van der Waals surface area (Å²) in [5.41, 5.74) is 3.98. The summed E-state index contributed by atoms with van der Waals surface area (Å²) >= 11 is 0. The Morgan fingerprint density at radius 1 is 1.28 bits per heavy atom. The number of carbonyl (C=O) groups is 1. The van der Waals surface area contributed by atoms with Crippen LogP contribution in [0.4, 0.5) is 0 Å². The predicted octanol–water partition coefficient (Wildman–Crippen LogP) is 2.76. The number of hydrogen-bond donors (Lipinski definition) is 1. The fourth-order valence-electron chi connectivity index (χ4n) is 4.25. The van der Waals surface area contributed by atoms with Gasteiger partial charge in [-0.15, -0.1) is 5.10 Å². The molecule has 0 bridgehead atoms. The van der Waals surface area contributed by atoms with E-state index in [1.165, 1.54) is 25.9 Å². The third-order valence-electron chi connectivity index (χ3n) is 6.17. The SMILES string of the molecule is COc1nn(C)c2nc(C)c(CCC(=O)NCCCN3CCC(C)CC3)c(C)c12. The molecule has 0 atom stereocenters. The molecule has 1 aliphatic rings. The Kier molecular flexibility index (Phi) is 7.11. The second kappa shape index (κ2) is 9.57. The van der Waals surface area contributed by atoms with Gasteiger partial charge in [0.1, 0.15) is 0 Å². The number of hydrogen-bond acceptors (Lipinski definition) is 5. The molecular weight excluding hydrogens is 366 g/mol. The standard InChI is InChI=1S/C22H35N5O2/c1-15-9-13-27(14-10-15)12-6-11-23-19(28)8-7-18-16(2)20-21(24-17(18)3)26(4)25-22(20)29-5/h15H,6-14H2,1-5H3,(H,23,28). The molecule has 1 fully saturated rings. The van der Waals surface area contributed by atoms with Crippen LogP contribution in [0.5, 0.6) is 5.88 Å². The van der Waals surface area contributed by atoms with E-state index >= 15 is 0 Å². The molecule has 160 valence electrons. The van der Waals surface area contributed by atoms with E-state index in [-0.39, 0.29) is 5.91 Å². The highest BCUT2D eigenvalue weighted by molar-refractivity contribution is 5.86. The molecule has 7 heteroatoms. The van der Waals surface area contributed by atoms with Crippen molar-refractivity contribution in [1.29, 1.82) is 0 Å². The van der Waals surface area contributed by atoms with Gasteiger partial charge in [-0.2, -0.15) is 0 Å². The predicted molar refractivity (Wildman–Crippen MR) is 115 cm³/mol. The second-order valence-electron chi connectivity index (χ2n) is 8.36. The minimum absolute atomic E-state index is 0.106. The number of nitrogens with zero attached hydrogens (tertiary/aromatic N) is 4. The number of piperidine rings is 1. The van der Waals surface area contributed by atoms with Crippen LogP contribution in [0.3, 0.4) is 0 Å². The Morgan fingerprint density at radius 3 is 2.69 bits per heavy atom. The number of pyridine rings is 1. The molecule has 29 heavy (non-hydrogen) atoms. The third kappa shape index (κ3) is 5.07. The average Bonchev–Trinajstić information content (AvgIpc) is 3.02. The first-order valence-electron chi connectivity index (χ1n) is 10.8. The van der Waals surface area contributed by atoms with Crippen molar-refractivity contribution in [2.45, 2.75) is 52.9 Å². The van der Waals surface area contributed by atoms with Crippen molar-refractivity contribution < 1.29 is 9.53 Å². The molecule has 3 rings (SSSR count). The zero-order valence-electron chi connectivity index (χ0n) is 18.5. The number of nitrogens with one attached hydrogen (secondary N) is 1. The van der Waals surface area contributed by atoms with Gasteiger partial charge in [0.2, 0.25) is 11.8 Å². The van der Waals surface area contributed by atoms with Gasteiger partial charge >= 0.3 is 0 Å². The van der Waals surface area contributed by atoms with Gasteiger partial charge in [-0.3, -0.25) is 4.79 Å². The first kappa shape index (κ1) is 21.6. The van der Waals surface area contributed by atoms with Crippen molar-refractivity contribution in [3.63, 3.8) is 0 Å². The molecule has 0 saturated carbocycles. The van der Waals surface area contributed by atoms with E-state index in [2.05, 4.69) is 29.2 Å². The highest BCUT2D eigenvalue weighted by atomic mass is 16.5. The summed E-state index contributed by atoms with van der Waals surface area (Å²) in [6.07, 6.45) is 4.75. The molecule has 1 N–H and O–H groups in total. The minimum Gasteiger partial charge on any atom is -0.479 e. The van der Waals surface area contributed by atoms with Gasteiger partial charge in [0.15, 0.2) is 5.65 Å². The molecular formula is C22H35N5O2. The Hall–Kier alpha value is -2.15. The summed E-state index contributed by atoms with van der Waals surface area (Å²) in [6, 6.07) is 0. The number of likely N-dealkylation sites (tertiary alicyclic amines) is 1. The molecule has 2 aromatic heterocycles. The second-order valence-corrected chi connectivity index (χ2v) is 8.36. The number of amides is 1. The normalized spacial score (nSPS) is 15.8. The Bertz CT molecular complexity index is 853. The Morgan fingerprint density at radius 2 is 2.00 bits per heavy atom. The topological polar surface area (TPSA) is 72.3 Å². The number of carbonyl (C=O) groups excluding carboxylic acids is 1. The van der Waals surface area contributed by atoms with Crippen molar-refractivity contribution >= 4 is 16.9 Å². The van der Waals surface area contributed by atoms with Gasteiger partial charge < -0.3 is 15.0 Å². The van der Waals surface area contributed by atoms with Crippen LogP contribution in [0.2, 0.25) is 0 Å². The summed E-state index contributed by atoms with van der Waals surface area (Å²) in [7, 11) is 3.49. The van der Waals surface area contributed by atoms with Crippen LogP contribution in [0.25, 0.3) is 11.0 Å². The van der Waals surface area contributed by atoms with Gasteiger partial charge in [0.05, 0.1) is 12.5 Å². The average molecular weight is 402 g/mol. The number of fused-ring (bicyclic) bond motifs is 1. The van der Waals surface area contributed by atoms with Gasteiger partial charge in [0.25, 0.3) is 0 Å². The molecule has 2 aromatic rings. The monoisotopic (exact) mass is 401 g/mol. The number of methoxy groups -OCH3 is 1. The van der Waals surface area contributed by atoms with Crippen molar-refractivity contribution in [3.8, 4) is 5.88 Å². The van der Waals surface area contributed by atoms with E-state index in [0.29, 0.717) is 18.7 Å². The fourth-order valence-corrected chi connectivity index (χ4v) is 4.25. The van der Waals surface area contributed by atoms with Crippen LogP contribution >= 0.6 is 0 Å². The maximum absolute atomic E-state index is 12.3. The molecule has 0 aromatic carbocycles. The van der Waals surface area contributed by atoms with E-state index < -0.39 is 0 Å². The maximum Gasteiger partial charge on any atom is 0.242 e. The number of rotatable bonds is 8. The van der Waals surface area contributed by atoms with E-state index in [4.69, 9.17) is 9.72 Å². The number of ether oxygens (including phenoxy) is 1. The zero-order valence-corrected chi connectivity index (χ0v) is 18.5. The smallest absolute Gasteiger partial charge is 0.242 e. The lowest BCUT2D eigenvalue weighted by Gasteiger charge is -2.30. The summed E-state index contributed by atoms with van der Waals surface area (Å²) < 4.78 is 7.16. The first-order valence-corrected chi connectivity index (χ1v) is 10.8. The van der Waals surface area contributed by atoms with Gasteiger partial charge in [-0.05, 0) is 76.2 Å². The summed E-state index contributed by atoms with van der Waals surface area (Å²) in [4.78, 5) is 19.6. The fraction of sp³-hybridized carbons (Fsp3) is 0.682. The summed E-state index contributed by atoms with van der Waals surface area (Å²) in [6.45, 7) is 10.6. The zero-order chi connectivity index (χ0) is 21.0. The molecule has 7 nitrogen and oxygen atoms in total. The molecule has 1 aliphatic heterocycles. The minimum atomic E-state index is 0.106. The van der Waals surface area contributed by atoms with E-state index in [1.54, 1.807) is 11.8 Å². The first-order chi connectivity index (χ1) is 13.9. The largest absolute Gasteiger partial charge is 0.479 e. The van der Waals surface area contributed by atoms with Gasteiger partial charge in [-0.25, -0.2) is 9.67 Å². The van der Waals surface area contributed by atoms with Crippen LogP contribution in [0.1, 0.15) is 49.4 Å². The summed E-state index contributed by atoms with van der Waals surface area (Å²) in [5.74, 6) is 1.55. The van der Waals surface area contributed by atoms with Crippen LogP contribution in [0.15, 0.2) is 0 Å².